The number of hydrogen-bond donors (Lipinski definition) is 0. The highest BCUT2D eigenvalue weighted by molar-refractivity contribution is 7.12. The first-order valence-corrected chi connectivity index (χ1v) is 9.84. The Labute approximate surface area is 157 Å². The molecule has 26 heavy (non-hydrogen) atoms. The van der Waals surface area contributed by atoms with Crippen LogP contribution >= 0.6 is 11.3 Å². The van der Waals surface area contributed by atoms with Crippen molar-refractivity contribution in [2.45, 2.75) is 38.5 Å². The summed E-state index contributed by atoms with van der Waals surface area (Å²) in [7, 11) is 2.10. The molecular weight excluding hydrogens is 346 g/mol. The van der Waals surface area contributed by atoms with Crippen LogP contribution in [0, 0.1) is 0 Å². The number of pyridine rings is 1. The van der Waals surface area contributed by atoms with Gasteiger partial charge in [0.15, 0.2) is 5.76 Å². The van der Waals surface area contributed by atoms with Gasteiger partial charge in [-0.05, 0) is 50.6 Å². The molecule has 136 valence electrons. The molecule has 1 atom stereocenters. The molecular formula is C20H23N3O2S. The third-order valence-corrected chi connectivity index (χ3v) is 5.73. The van der Waals surface area contributed by atoms with Gasteiger partial charge in [0, 0.05) is 46.9 Å². The highest BCUT2D eigenvalue weighted by Gasteiger charge is 2.18. The van der Waals surface area contributed by atoms with E-state index in [0.717, 1.165) is 43.1 Å². The molecule has 1 aliphatic rings. The van der Waals surface area contributed by atoms with Crippen LogP contribution in [0.1, 0.15) is 40.9 Å². The van der Waals surface area contributed by atoms with E-state index in [1.165, 1.54) is 22.6 Å². The van der Waals surface area contributed by atoms with Crippen LogP contribution in [-0.4, -0.2) is 28.7 Å². The highest BCUT2D eigenvalue weighted by atomic mass is 32.1. The van der Waals surface area contributed by atoms with Crippen molar-refractivity contribution in [3.05, 3.63) is 58.2 Å². The monoisotopic (exact) mass is 369 g/mol. The van der Waals surface area contributed by atoms with Crippen LogP contribution in [0.4, 0.5) is 0 Å². The first-order valence-electron chi connectivity index (χ1n) is 9.03. The number of hydrogen-bond acceptors (Lipinski definition) is 6. The molecule has 5 nitrogen and oxygen atoms in total. The van der Waals surface area contributed by atoms with E-state index >= 15 is 0 Å². The molecule has 1 fully saturated rings. The number of aromatic nitrogens is 2. The zero-order valence-electron chi connectivity index (χ0n) is 14.9. The van der Waals surface area contributed by atoms with Gasteiger partial charge in [0.05, 0.1) is 12.6 Å². The Balaban J connectivity index is 1.35. The van der Waals surface area contributed by atoms with Crippen molar-refractivity contribution in [2.24, 2.45) is 0 Å². The Morgan fingerprint density at radius 2 is 2.04 bits per heavy atom. The molecule has 3 aromatic rings. The summed E-state index contributed by atoms with van der Waals surface area (Å²) in [4.78, 5) is 8.99. The number of nitrogens with zero attached hydrogens (tertiary/aromatic N) is 3. The largest absolute Gasteiger partial charge is 0.373 e. The van der Waals surface area contributed by atoms with E-state index in [9.17, 15) is 0 Å². The standard InChI is InChI=1S/C20H23N3O2S/c1-23(13-16-12-18(22-25-16)15-7-9-21-10-8-15)14-17-5-6-20(26-17)19-4-2-3-11-24-19/h5-10,12,19H,2-4,11,13-14H2,1H3/t19-/m0/s1. The second-order valence-corrected chi connectivity index (χ2v) is 7.95. The molecule has 0 saturated carbocycles. The summed E-state index contributed by atoms with van der Waals surface area (Å²) >= 11 is 1.86. The molecule has 0 bridgehead atoms. The van der Waals surface area contributed by atoms with Gasteiger partial charge in [0.2, 0.25) is 0 Å². The molecule has 0 aromatic carbocycles. The van der Waals surface area contributed by atoms with Gasteiger partial charge in [0.1, 0.15) is 5.69 Å². The van der Waals surface area contributed by atoms with E-state index in [1.807, 2.05) is 29.5 Å². The van der Waals surface area contributed by atoms with Gasteiger partial charge in [-0.15, -0.1) is 11.3 Å². The van der Waals surface area contributed by atoms with E-state index in [1.54, 1.807) is 12.4 Å². The lowest BCUT2D eigenvalue weighted by molar-refractivity contribution is 0.0172. The molecule has 6 heteroatoms. The third kappa shape index (κ3) is 4.20. The van der Waals surface area contributed by atoms with Crippen molar-refractivity contribution in [3.8, 4) is 11.3 Å². The zero-order valence-corrected chi connectivity index (χ0v) is 15.7. The van der Waals surface area contributed by atoms with Crippen LogP contribution < -0.4 is 0 Å². The fourth-order valence-corrected chi connectivity index (χ4v) is 4.43. The lowest BCUT2D eigenvalue weighted by atomic mass is 10.1. The van der Waals surface area contributed by atoms with E-state index < -0.39 is 0 Å². The predicted octanol–water partition coefficient (Wildman–Crippen LogP) is 4.67. The van der Waals surface area contributed by atoms with Crippen molar-refractivity contribution in [2.75, 3.05) is 13.7 Å². The minimum absolute atomic E-state index is 0.296. The van der Waals surface area contributed by atoms with Crippen LogP contribution in [0.5, 0.6) is 0 Å². The Morgan fingerprint density at radius 3 is 2.85 bits per heavy atom. The topological polar surface area (TPSA) is 51.4 Å². The maximum absolute atomic E-state index is 5.89. The second-order valence-electron chi connectivity index (χ2n) is 6.75. The first-order chi connectivity index (χ1) is 12.8. The molecule has 1 saturated heterocycles. The average molecular weight is 369 g/mol. The molecule has 4 heterocycles. The molecule has 4 rings (SSSR count). The third-order valence-electron chi connectivity index (χ3n) is 4.57. The maximum atomic E-state index is 5.89. The summed E-state index contributed by atoms with van der Waals surface area (Å²) in [5, 5.41) is 4.17. The fraction of sp³-hybridized carbons (Fsp3) is 0.400. The van der Waals surface area contributed by atoms with Crippen molar-refractivity contribution in [3.63, 3.8) is 0 Å². The Bertz CT molecular complexity index is 824. The van der Waals surface area contributed by atoms with Gasteiger partial charge in [0.25, 0.3) is 0 Å². The normalized spacial score (nSPS) is 17.7. The van der Waals surface area contributed by atoms with Crippen LogP contribution in [0.15, 0.2) is 47.2 Å². The van der Waals surface area contributed by atoms with Crippen LogP contribution in [0.25, 0.3) is 11.3 Å². The summed E-state index contributed by atoms with van der Waals surface area (Å²) in [5.41, 5.74) is 1.87. The van der Waals surface area contributed by atoms with Crippen molar-refractivity contribution in [1.82, 2.24) is 15.0 Å². The average Bonchev–Trinajstić information content (AvgIpc) is 3.33. The summed E-state index contributed by atoms with van der Waals surface area (Å²) in [6.07, 6.45) is 7.43. The summed E-state index contributed by atoms with van der Waals surface area (Å²) in [6.45, 7) is 2.51. The smallest absolute Gasteiger partial charge is 0.151 e. The van der Waals surface area contributed by atoms with Crippen molar-refractivity contribution in [1.29, 1.82) is 0 Å². The Hall–Kier alpha value is -2.02. The molecule has 0 N–H and O–H groups in total. The fourth-order valence-electron chi connectivity index (χ4n) is 3.25. The molecule has 3 aromatic heterocycles. The van der Waals surface area contributed by atoms with Gasteiger partial charge in [-0.25, -0.2) is 0 Å². The molecule has 0 spiro atoms. The van der Waals surface area contributed by atoms with Crippen molar-refractivity contribution < 1.29 is 9.26 Å². The second kappa shape index (κ2) is 8.12. The first kappa shape index (κ1) is 17.4. The maximum Gasteiger partial charge on any atom is 0.151 e. The molecule has 1 aliphatic heterocycles. The lowest BCUT2D eigenvalue weighted by Gasteiger charge is -2.21. The Morgan fingerprint density at radius 1 is 1.15 bits per heavy atom. The molecule has 0 aliphatic carbocycles. The molecule has 0 radical (unpaired) electrons. The summed E-state index contributed by atoms with van der Waals surface area (Å²) in [5.74, 6) is 0.867. The number of thiophene rings is 1. The van der Waals surface area contributed by atoms with E-state index in [4.69, 9.17) is 9.26 Å². The van der Waals surface area contributed by atoms with Gasteiger partial charge in [-0.2, -0.15) is 0 Å². The molecule has 0 unspecified atom stereocenters. The summed E-state index contributed by atoms with van der Waals surface area (Å²) in [6, 6.07) is 10.3. The number of ether oxygens (including phenoxy) is 1. The van der Waals surface area contributed by atoms with Crippen LogP contribution in [0.3, 0.4) is 0 Å². The predicted molar refractivity (Wildman–Crippen MR) is 102 cm³/mol. The van der Waals surface area contributed by atoms with Gasteiger partial charge >= 0.3 is 0 Å². The number of rotatable bonds is 6. The van der Waals surface area contributed by atoms with E-state index in [0.29, 0.717) is 6.10 Å². The Kier molecular flexibility index (Phi) is 5.43. The molecule has 0 amide bonds. The zero-order chi connectivity index (χ0) is 17.8. The van der Waals surface area contributed by atoms with E-state index in [-0.39, 0.29) is 0 Å². The highest BCUT2D eigenvalue weighted by Crippen LogP contribution is 2.33. The van der Waals surface area contributed by atoms with Crippen LogP contribution in [-0.2, 0) is 17.8 Å². The summed E-state index contributed by atoms with van der Waals surface area (Å²) < 4.78 is 11.4. The van der Waals surface area contributed by atoms with E-state index in [2.05, 4.69) is 34.2 Å². The quantitative estimate of drug-likeness (QED) is 0.632. The van der Waals surface area contributed by atoms with Gasteiger partial charge < -0.3 is 9.26 Å². The lowest BCUT2D eigenvalue weighted by Crippen LogP contribution is -2.16. The van der Waals surface area contributed by atoms with Gasteiger partial charge in [-0.3, -0.25) is 9.88 Å². The minimum atomic E-state index is 0.296. The minimum Gasteiger partial charge on any atom is -0.373 e. The van der Waals surface area contributed by atoms with Crippen molar-refractivity contribution >= 4 is 11.3 Å². The van der Waals surface area contributed by atoms with Crippen LogP contribution in [0.2, 0.25) is 0 Å². The SMILES string of the molecule is CN(Cc1cc(-c2ccncc2)no1)Cc1ccc([C@@H]2CCCCO2)s1. The van der Waals surface area contributed by atoms with Gasteiger partial charge in [-0.1, -0.05) is 5.16 Å².